The van der Waals surface area contributed by atoms with E-state index in [-0.39, 0.29) is 154 Å². The van der Waals surface area contributed by atoms with Crippen molar-refractivity contribution < 1.29 is 44.7 Å². The molecule has 21 rings (SSSR count). The smallest absolute Gasteiger partial charge is 0.399 e. The van der Waals surface area contributed by atoms with Gasteiger partial charge in [-0.15, -0.1) is 0 Å². The number of carbonyl (C=O) groups excluding carboxylic acids is 1. The van der Waals surface area contributed by atoms with E-state index in [1.165, 1.54) is 78.4 Å². The van der Waals surface area contributed by atoms with Gasteiger partial charge in [-0.05, 0) is 274 Å². The second-order valence-corrected chi connectivity index (χ2v) is 44.7. The molecule has 145 heavy (non-hydrogen) atoms. The number of pyridine rings is 4. The molecule has 718 valence electrons. The Kier molecular flexibility index (Phi) is 52.9. The molecule has 0 saturated carbocycles. The van der Waals surface area contributed by atoms with Gasteiger partial charge in [0.25, 0.3) is 0 Å². The molecule has 20 aromatic rings. The zero-order valence-electron chi connectivity index (χ0n) is 80.9. The third kappa shape index (κ3) is 36.6. The topological polar surface area (TPSA) is 152 Å². The summed E-state index contributed by atoms with van der Waals surface area (Å²) >= 11 is 9.20. The number of hydrogen-bond donors (Lipinski definition) is 2. The Hall–Kier alpha value is -9.16. The van der Waals surface area contributed by atoms with Gasteiger partial charge in [0.2, 0.25) is 0 Å². The molecule has 21 heteroatoms. The van der Waals surface area contributed by atoms with Crippen molar-refractivity contribution in [2.75, 3.05) is 0 Å². The molecule has 4 aromatic heterocycles. The van der Waals surface area contributed by atoms with Crippen LogP contribution in [0, 0.1) is 3.57 Å². The molecule has 0 unspecified atom stereocenters. The van der Waals surface area contributed by atoms with E-state index in [2.05, 4.69) is 562 Å². The average Bonchev–Trinajstić information content (AvgIpc) is 1.62. The minimum Gasteiger partial charge on any atom is -0.399 e. The van der Waals surface area contributed by atoms with E-state index >= 15 is 0 Å². The zero-order chi connectivity index (χ0) is 97.2. The molecule has 1 aliphatic rings. The maximum atomic E-state index is 8.70. The van der Waals surface area contributed by atoms with Gasteiger partial charge in [-0.25, -0.2) is 5.26 Å². The van der Waals surface area contributed by atoms with E-state index in [1.807, 2.05) is 67.3 Å². The Labute approximate surface area is 990 Å². The number of benzene rings is 16. The molecule has 0 atom stereocenters. The first-order valence-corrected chi connectivity index (χ1v) is 53.7. The first kappa shape index (κ1) is 119. The number of hydrogen-bond acceptors (Lipinski definition) is 10. The molecule has 0 bridgehead atoms. The van der Waals surface area contributed by atoms with E-state index in [0.717, 1.165) is 58.9 Å². The Morgan fingerprint density at radius 3 is 0.634 bits per heavy atom. The summed E-state index contributed by atoms with van der Waals surface area (Å²) in [6.07, 6.45) is 14.7. The summed E-state index contributed by atoms with van der Waals surface area (Å²) in [6.45, 7) is 8.21. The van der Waals surface area contributed by atoms with E-state index in [9.17, 15) is 0 Å². The van der Waals surface area contributed by atoms with Crippen molar-refractivity contribution in [2.45, 2.75) is 46.3 Å². The van der Waals surface area contributed by atoms with Crippen LogP contribution >= 0.6 is 86.1 Å². The number of rotatable bonds is 19. The molecule has 0 aliphatic carbocycles. The molecule has 10 nitrogen and oxygen atoms in total. The predicted octanol–water partition coefficient (Wildman–Crippen LogP) is 26.8. The molecule has 16 aromatic carbocycles. The summed E-state index contributed by atoms with van der Waals surface area (Å²) < 4.78 is 16.0. The fraction of sp³-hybridized carbons (Fsp3) is 0.0565. The van der Waals surface area contributed by atoms with Crippen LogP contribution in [0.3, 0.4) is 0 Å². The van der Waals surface area contributed by atoms with Gasteiger partial charge in [0.1, 0.15) is 0 Å². The van der Waals surface area contributed by atoms with Crippen molar-refractivity contribution >= 4 is 272 Å². The molecule has 1 fully saturated rings. The molecular weight excluding hydrogens is 2250 g/mol. The van der Waals surface area contributed by atoms with Crippen LogP contribution in [0.25, 0.3) is 55.6 Å². The third-order valence-electron chi connectivity index (χ3n) is 22.6. The Morgan fingerprint density at radius 2 is 0.462 bits per heavy atom. The van der Waals surface area contributed by atoms with Crippen LogP contribution in [0.2, 0.25) is 0 Å². The zero-order valence-corrected chi connectivity index (χ0v) is 97.6. The molecule has 1 saturated heterocycles. The van der Waals surface area contributed by atoms with E-state index in [0.29, 0.717) is 0 Å². The van der Waals surface area contributed by atoms with Crippen LogP contribution in [-0.4, -0.2) is 153 Å². The van der Waals surface area contributed by atoms with Gasteiger partial charge >= 0.3 is 13.6 Å². The van der Waals surface area contributed by atoms with Crippen LogP contribution in [-0.2, 0) is 39.4 Å². The molecule has 4 N–H and O–H groups in total. The van der Waals surface area contributed by atoms with Gasteiger partial charge in [0.05, 0.1) is 11.2 Å². The van der Waals surface area contributed by atoms with Gasteiger partial charge in [0.15, 0.2) is 0 Å². The second kappa shape index (κ2) is 64.3. The standard InChI is InChI=1S/C22H23BN2O2.C22H15BrN2.4C18H15P.C6H4BrI.CH2O3.CH4.2K.H3N.Pd/c1-21(2)22(3,4)27-23(26-21)20-12-18(16-7-5-9-24-14-16)11-19(13-20)17-8-6-10-25-15-17;23-22-7-1-4-16(13-22)19-10-20(17-5-2-8-24-14-17)12-21(11-19)18-6-3-9-25-15-18;4*1-4-10-16(11-5-1)19(17-12-6-2-7-13-17)18-14-8-3-9-15-18;7-5-2-1-3-6(8)4-5;2-1-4-3;;;;;/h5-15H,1-4H3;1-15H;4*1-15H;1-4H;1,3H;1H4;;;1H3;. The van der Waals surface area contributed by atoms with Crippen molar-refractivity contribution in [1.29, 1.82) is 0 Å². The monoisotopic (exact) mass is 2350 g/mol. The Bertz CT molecular complexity index is 6050. The van der Waals surface area contributed by atoms with E-state index in [4.69, 9.17) is 19.4 Å². The van der Waals surface area contributed by atoms with Crippen LogP contribution in [0.5, 0.6) is 0 Å². The molecule has 0 amide bonds. The Morgan fingerprint density at radius 1 is 0.276 bits per heavy atom. The fourth-order valence-corrected chi connectivity index (χ4v) is 26.2. The summed E-state index contributed by atoms with van der Waals surface area (Å²) in [5, 5.41) is 23.8. The van der Waals surface area contributed by atoms with Crippen molar-refractivity contribution in [2.24, 2.45) is 0 Å². The Balaban J connectivity index is 0.000000189. The minimum absolute atomic E-state index is 0. The third-order valence-corrected chi connectivity index (χ3v) is 34.0. The second-order valence-electron chi connectivity index (χ2n) is 32.7. The van der Waals surface area contributed by atoms with Gasteiger partial charge in [-0.3, -0.25) is 24.7 Å². The summed E-state index contributed by atoms with van der Waals surface area (Å²) in [5.41, 5.74) is 11.3. The maximum absolute atomic E-state index is 8.70. The molecule has 1 aliphatic heterocycles. The maximum Gasteiger partial charge on any atom is 0.494 e. The summed E-state index contributed by atoms with van der Waals surface area (Å²) in [4.78, 5) is 28.6. The van der Waals surface area contributed by atoms with Crippen molar-refractivity contribution in [3.8, 4) is 55.6 Å². The summed E-state index contributed by atoms with van der Waals surface area (Å²) in [5.74, 6) is 0. The predicted molar refractivity (Wildman–Crippen MR) is 635 cm³/mol. The number of aromatic nitrogens is 4. The van der Waals surface area contributed by atoms with Crippen LogP contribution in [0.15, 0.2) is 556 Å². The molecule has 5 heterocycles. The van der Waals surface area contributed by atoms with Crippen LogP contribution < -0.4 is 75.3 Å². The quantitative estimate of drug-likeness (QED) is 0.0200. The van der Waals surface area contributed by atoms with Crippen LogP contribution in [0.4, 0.5) is 0 Å². The summed E-state index contributed by atoms with van der Waals surface area (Å²) in [7, 11) is -2.20. The van der Waals surface area contributed by atoms with Gasteiger partial charge in [-0.1, -0.05) is 458 Å². The van der Waals surface area contributed by atoms with Gasteiger partial charge in [0, 0.05) is 196 Å². The van der Waals surface area contributed by atoms with Crippen molar-refractivity contribution in [3.63, 3.8) is 0 Å². The van der Waals surface area contributed by atoms with Gasteiger partial charge < -0.3 is 20.3 Å². The first-order valence-electron chi connectivity index (χ1n) is 45.6. The van der Waals surface area contributed by atoms with Gasteiger partial charge in [-0.2, -0.15) is 0 Å². The van der Waals surface area contributed by atoms with Crippen molar-refractivity contribution in [1.82, 2.24) is 26.1 Å². The van der Waals surface area contributed by atoms with Crippen molar-refractivity contribution in [3.05, 3.63) is 560 Å². The van der Waals surface area contributed by atoms with E-state index in [1.54, 1.807) is 24.8 Å². The SMILES string of the molecule is Brc1cccc(-c2cc(-c3cccnc3)cc(-c3cccnc3)c2)c1.Brc1cccc(I)c1.C.CC1(C)OB(c2cc(-c3cccnc3)cc(-c3cccnc3)c2)OC1(C)C.N.O=COO.[K].[K].[Pd].c1ccc(P(c2ccccc2)c2ccccc2)cc1.c1ccc(P(c2ccccc2)c2ccccc2)cc1.c1ccc(P(c2ccccc2)c2ccccc2)cc1.c1ccc(P(c2ccccc2)c2ccccc2)cc1. The number of carbonyl (C=O) groups is 1. The normalized spacial score (nSPS) is 11.4. The summed E-state index contributed by atoms with van der Waals surface area (Å²) in [6, 6.07) is 175. The molecule has 2 radical (unpaired) electrons. The fourth-order valence-electron chi connectivity index (χ4n) is 15.2. The van der Waals surface area contributed by atoms with Crippen LogP contribution in [0.1, 0.15) is 35.1 Å². The largest absolute Gasteiger partial charge is 0.494 e. The number of halogens is 3. The number of nitrogens with zero attached hydrogens (tertiary/aromatic N) is 4. The van der Waals surface area contributed by atoms with E-state index < -0.39 is 38.8 Å². The first-order chi connectivity index (χ1) is 68.6. The minimum atomic E-state index is -0.446. The molecular formula is C124H111BBr2IK2N5O5P4Pd. The molecule has 0 spiro atoms. The average molecular weight is 2360 g/mol.